The summed E-state index contributed by atoms with van der Waals surface area (Å²) < 4.78 is 79.3. The molecular formula is C21H18F4N4O3S. The molecule has 0 bridgehead atoms. The Morgan fingerprint density at radius 3 is 2.45 bits per heavy atom. The van der Waals surface area contributed by atoms with Crippen LogP contribution in [-0.2, 0) is 15.9 Å². The highest BCUT2D eigenvalue weighted by atomic mass is 32.2. The molecule has 0 radical (unpaired) electrons. The summed E-state index contributed by atoms with van der Waals surface area (Å²) in [6.07, 6.45) is -3.72. The van der Waals surface area contributed by atoms with Gasteiger partial charge in [-0.25, -0.2) is 13.4 Å². The number of ether oxygens (including phenoxy) is 1. The summed E-state index contributed by atoms with van der Waals surface area (Å²) in [4.78, 5) is 13.1. The van der Waals surface area contributed by atoms with Crippen LogP contribution < -0.4 is 10.1 Å². The Kier molecular flexibility index (Phi) is 6.41. The van der Waals surface area contributed by atoms with Gasteiger partial charge in [-0.1, -0.05) is 12.1 Å². The normalized spacial score (nSPS) is 13.3. The van der Waals surface area contributed by atoms with Crippen molar-refractivity contribution in [2.24, 2.45) is 0 Å². The smallest absolute Gasteiger partial charge is 0.434 e. The maximum absolute atomic E-state index is 14.2. The highest BCUT2D eigenvalue weighted by Gasteiger charge is 2.38. The van der Waals surface area contributed by atoms with Crippen molar-refractivity contribution in [3.05, 3.63) is 70.7 Å². The van der Waals surface area contributed by atoms with Gasteiger partial charge in [-0.05, 0) is 55.3 Å². The fraction of sp³-hybridized carbons (Fsp3) is 0.190. The maximum atomic E-state index is 14.2. The molecule has 0 aliphatic rings. The molecule has 1 aromatic heterocycles. The molecule has 174 valence electrons. The van der Waals surface area contributed by atoms with Gasteiger partial charge in [-0.15, -0.1) is 10.2 Å². The van der Waals surface area contributed by atoms with Crippen LogP contribution in [0.15, 0.2) is 47.4 Å². The molecule has 1 unspecified atom stereocenters. The zero-order valence-corrected chi connectivity index (χ0v) is 18.4. The van der Waals surface area contributed by atoms with E-state index in [0.29, 0.717) is 5.56 Å². The predicted molar refractivity (Wildman–Crippen MR) is 112 cm³/mol. The van der Waals surface area contributed by atoms with Crippen LogP contribution in [0.5, 0.6) is 11.6 Å². The van der Waals surface area contributed by atoms with Crippen LogP contribution in [0.25, 0.3) is 0 Å². The number of halogens is 4. The number of rotatable bonds is 5. The summed E-state index contributed by atoms with van der Waals surface area (Å²) in [5.41, 5.74) is -1.90. The molecule has 1 atom stereocenters. The van der Waals surface area contributed by atoms with Crippen LogP contribution >= 0.6 is 0 Å². The van der Waals surface area contributed by atoms with Crippen molar-refractivity contribution in [2.75, 3.05) is 11.6 Å². The van der Waals surface area contributed by atoms with Gasteiger partial charge in [0.25, 0.3) is 11.8 Å². The second-order valence-corrected chi connectivity index (χ2v) is 9.37. The highest BCUT2D eigenvalue weighted by molar-refractivity contribution is 7.91. The average molecular weight is 482 g/mol. The molecule has 3 aromatic rings. The zero-order valence-electron chi connectivity index (χ0n) is 17.6. The molecule has 7 nitrogen and oxygen atoms in total. The van der Waals surface area contributed by atoms with Gasteiger partial charge in [0.05, 0.1) is 9.73 Å². The molecule has 33 heavy (non-hydrogen) atoms. The molecule has 2 N–H and O–H groups in total. The van der Waals surface area contributed by atoms with E-state index < -0.39 is 50.3 Å². The standard InChI is InChI=1S/C21H18F4N4O3S/c1-11-7-8-15(22)16(9-11)32-20-17(12(2)18(28-29-20)21(23,24)25)19(30)27-13-5-4-6-14(10-13)33(3,26)31/h4-10,26H,1-3H3,(H,27,30). The first-order valence-corrected chi connectivity index (χ1v) is 11.3. The monoisotopic (exact) mass is 482 g/mol. The SMILES string of the molecule is Cc1ccc(F)c(Oc2nnc(C(F)(F)F)c(C)c2C(=O)Nc2cccc(S(C)(=N)=O)c2)c1. The Balaban J connectivity index is 2.09. The second-order valence-electron chi connectivity index (χ2n) is 7.21. The van der Waals surface area contributed by atoms with Crippen LogP contribution in [0, 0.1) is 24.4 Å². The molecule has 12 heteroatoms. The topological polar surface area (TPSA) is 105 Å². The van der Waals surface area contributed by atoms with Crippen LogP contribution in [0.4, 0.5) is 23.2 Å². The Morgan fingerprint density at radius 1 is 1.12 bits per heavy atom. The zero-order chi connectivity index (χ0) is 24.6. The van der Waals surface area contributed by atoms with Crippen molar-refractivity contribution >= 4 is 21.3 Å². The first-order chi connectivity index (χ1) is 15.3. The van der Waals surface area contributed by atoms with Crippen molar-refractivity contribution in [2.45, 2.75) is 24.9 Å². The molecule has 0 fully saturated rings. The number of alkyl halides is 3. The lowest BCUT2D eigenvalue weighted by atomic mass is 10.1. The summed E-state index contributed by atoms with van der Waals surface area (Å²) >= 11 is 0. The summed E-state index contributed by atoms with van der Waals surface area (Å²) in [5.74, 6) is -2.83. The lowest BCUT2D eigenvalue weighted by molar-refractivity contribution is -0.142. The number of nitrogens with one attached hydrogen (secondary N) is 2. The molecule has 2 aromatic carbocycles. The van der Waals surface area contributed by atoms with Crippen LogP contribution in [0.1, 0.15) is 27.2 Å². The number of aryl methyl sites for hydroxylation is 1. The van der Waals surface area contributed by atoms with Gasteiger partial charge in [0, 0.05) is 16.8 Å². The fourth-order valence-electron chi connectivity index (χ4n) is 2.91. The van der Waals surface area contributed by atoms with Crippen molar-refractivity contribution in [1.82, 2.24) is 10.2 Å². The highest BCUT2D eigenvalue weighted by Crippen LogP contribution is 2.35. The maximum Gasteiger partial charge on any atom is 0.435 e. The number of amides is 1. The van der Waals surface area contributed by atoms with Crippen molar-refractivity contribution in [3.8, 4) is 11.6 Å². The molecule has 1 heterocycles. The van der Waals surface area contributed by atoms with Gasteiger partial charge >= 0.3 is 6.18 Å². The van der Waals surface area contributed by atoms with Crippen molar-refractivity contribution < 1.29 is 31.3 Å². The Hall–Kier alpha value is -3.54. The van der Waals surface area contributed by atoms with E-state index in [1.165, 1.54) is 42.7 Å². The van der Waals surface area contributed by atoms with E-state index in [1.807, 2.05) is 0 Å². The quantitative estimate of drug-likeness (QED) is 0.478. The first kappa shape index (κ1) is 24.1. The predicted octanol–water partition coefficient (Wildman–Crippen LogP) is 5.33. The number of aromatic nitrogens is 2. The van der Waals surface area contributed by atoms with Gasteiger partial charge < -0.3 is 10.1 Å². The average Bonchev–Trinajstić information content (AvgIpc) is 2.69. The molecule has 0 aliphatic carbocycles. The molecule has 0 saturated heterocycles. The first-order valence-electron chi connectivity index (χ1n) is 9.31. The molecule has 1 amide bonds. The van der Waals surface area contributed by atoms with E-state index in [4.69, 9.17) is 9.52 Å². The lowest BCUT2D eigenvalue weighted by Gasteiger charge is -2.16. The Bertz CT molecular complexity index is 1340. The van der Waals surface area contributed by atoms with Crippen molar-refractivity contribution in [1.29, 1.82) is 4.78 Å². The number of carbonyl (C=O) groups is 1. The fourth-order valence-corrected chi connectivity index (χ4v) is 3.60. The van der Waals surface area contributed by atoms with Crippen molar-refractivity contribution in [3.63, 3.8) is 0 Å². The lowest BCUT2D eigenvalue weighted by Crippen LogP contribution is -2.21. The number of carbonyl (C=O) groups excluding carboxylic acids is 1. The minimum absolute atomic E-state index is 0.0804. The second kappa shape index (κ2) is 8.77. The number of nitrogens with zero attached hydrogens (tertiary/aromatic N) is 2. The molecule has 0 aliphatic heterocycles. The van der Waals surface area contributed by atoms with Crippen LogP contribution in [0.2, 0.25) is 0 Å². The summed E-state index contributed by atoms with van der Waals surface area (Å²) in [6, 6.07) is 9.38. The van der Waals surface area contributed by atoms with Crippen LogP contribution in [0.3, 0.4) is 0 Å². The minimum atomic E-state index is -4.90. The van der Waals surface area contributed by atoms with E-state index in [0.717, 1.165) is 13.0 Å². The van der Waals surface area contributed by atoms with Gasteiger partial charge in [0.15, 0.2) is 17.3 Å². The molecular weight excluding hydrogens is 464 g/mol. The molecule has 0 saturated carbocycles. The number of benzene rings is 2. The Labute approximate surface area is 186 Å². The number of anilines is 1. The van der Waals surface area contributed by atoms with E-state index in [1.54, 1.807) is 6.92 Å². The minimum Gasteiger partial charge on any atom is -0.434 e. The third kappa shape index (κ3) is 5.45. The number of hydrogen-bond acceptors (Lipinski definition) is 6. The van der Waals surface area contributed by atoms with Gasteiger partial charge in [0.1, 0.15) is 5.56 Å². The third-order valence-electron chi connectivity index (χ3n) is 4.52. The Morgan fingerprint density at radius 2 is 1.82 bits per heavy atom. The van der Waals surface area contributed by atoms with Crippen LogP contribution in [-0.4, -0.2) is 26.6 Å². The largest absolute Gasteiger partial charge is 0.435 e. The van der Waals surface area contributed by atoms with E-state index in [9.17, 15) is 26.6 Å². The number of hydrogen-bond donors (Lipinski definition) is 2. The summed E-state index contributed by atoms with van der Waals surface area (Å²) in [7, 11) is -3.11. The summed E-state index contributed by atoms with van der Waals surface area (Å²) in [6.45, 7) is 2.67. The third-order valence-corrected chi connectivity index (χ3v) is 5.67. The summed E-state index contributed by atoms with van der Waals surface area (Å²) in [5, 5.41) is 8.91. The molecule has 0 spiro atoms. The van der Waals surface area contributed by atoms with Gasteiger partial charge in [-0.2, -0.15) is 13.2 Å². The van der Waals surface area contributed by atoms with Gasteiger partial charge in [-0.3, -0.25) is 4.79 Å². The van der Waals surface area contributed by atoms with E-state index in [2.05, 4.69) is 15.5 Å². The van der Waals surface area contributed by atoms with E-state index >= 15 is 0 Å². The molecule has 3 rings (SSSR count). The van der Waals surface area contributed by atoms with E-state index in [-0.39, 0.29) is 16.3 Å². The van der Waals surface area contributed by atoms with Gasteiger partial charge in [0.2, 0.25) is 0 Å².